The first-order valence-electron chi connectivity index (χ1n) is 4.90. The van der Waals surface area contributed by atoms with Gasteiger partial charge in [-0.05, 0) is 6.92 Å². The molecule has 1 heterocycles. The summed E-state index contributed by atoms with van der Waals surface area (Å²) in [6.45, 7) is 2.13. The SMILES string of the molecule is CC(=O)c1c(F)c(Cl)cc2c1OCCCO2. The fraction of sp³-hybridized carbons (Fsp3) is 0.364. The van der Waals surface area contributed by atoms with E-state index in [1.54, 1.807) is 0 Å². The van der Waals surface area contributed by atoms with E-state index < -0.39 is 11.6 Å². The van der Waals surface area contributed by atoms with Crippen molar-refractivity contribution in [2.45, 2.75) is 13.3 Å². The lowest BCUT2D eigenvalue weighted by molar-refractivity contribution is 0.100. The van der Waals surface area contributed by atoms with Crippen LogP contribution in [0.1, 0.15) is 23.7 Å². The molecule has 0 N–H and O–H groups in total. The zero-order valence-electron chi connectivity index (χ0n) is 8.68. The minimum Gasteiger partial charge on any atom is -0.489 e. The van der Waals surface area contributed by atoms with Crippen LogP contribution in [0.2, 0.25) is 5.02 Å². The number of ketones is 1. The van der Waals surface area contributed by atoms with Gasteiger partial charge in [0.2, 0.25) is 0 Å². The number of hydrogen-bond donors (Lipinski definition) is 0. The number of halogens is 2. The van der Waals surface area contributed by atoms with Crippen molar-refractivity contribution < 1.29 is 18.7 Å². The van der Waals surface area contributed by atoms with E-state index in [1.165, 1.54) is 13.0 Å². The van der Waals surface area contributed by atoms with Gasteiger partial charge < -0.3 is 9.47 Å². The highest BCUT2D eigenvalue weighted by Gasteiger charge is 2.24. The number of Topliss-reactive ketones (excluding diaryl/α,β-unsaturated/α-hetero) is 1. The quantitative estimate of drug-likeness (QED) is 0.713. The predicted octanol–water partition coefficient (Wildman–Crippen LogP) is 2.84. The number of rotatable bonds is 1. The number of hydrogen-bond acceptors (Lipinski definition) is 3. The first kappa shape index (κ1) is 11.2. The zero-order valence-corrected chi connectivity index (χ0v) is 9.44. The lowest BCUT2D eigenvalue weighted by atomic mass is 10.1. The Balaban J connectivity index is 2.65. The molecule has 0 aromatic heterocycles. The van der Waals surface area contributed by atoms with Gasteiger partial charge in [-0.25, -0.2) is 4.39 Å². The van der Waals surface area contributed by atoms with Crippen LogP contribution in [0.25, 0.3) is 0 Å². The van der Waals surface area contributed by atoms with Gasteiger partial charge in [-0.2, -0.15) is 0 Å². The van der Waals surface area contributed by atoms with Gasteiger partial charge in [0.15, 0.2) is 23.1 Å². The van der Waals surface area contributed by atoms with Gasteiger partial charge in [-0.3, -0.25) is 4.79 Å². The molecule has 1 aromatic carbocycles. The minimum atomic E-state index is -0.751. The highest BCUT2D eigenvalue weighted by molar-refractivity contribution is 6.31. The van der Waals surface area contributed by atoms with Gasteiger partial charge in [-0.15, -0.1) is 0 Å². The van der Waals surface area contributed by atoms with Crippen molar-refractivity contribution in [3.05, 3.63) is 22.5 Å². The Morgan fingerprint density at radius 3 is 2.81 bits per heavy atom. The molecule has 0 saturated heterocycles. The van der Waals surface area contributed by atoms with Crippen molar-refractivity contribution in [1.29, 1.82) is 0 Å². The molecule has 5 heteroatoms. The summed E-state index contributed by atoms with van der Waals surface area (Å²) in [6, 6.07) is 1.34. The number of ether oxygens (including phenoxy) is 2. The zero-order chi connectivity index (χ0) is 11.7. The molecule has 3 nitrogen and oxygen atoms in total. The Hall–Kier alpha value is -1.29. The first-order valence-corrected chi connectivity index (χ1v) is 5.27. The molecule has 0 saturated carbocycles. The van der Waals surface area contributed by atoms with Crippen LogP contribution in [-0.4, -0.2) is 19.0 Å². The van der Waals surface area contributed by atoms with E-state index in [0.29, 0.717) is 25.4 Å². The van der Waals surface area contributed by atoms with E-state index >= 15 is 0 Å². The number of benzene rings is 1. The Kier molecular flexibility index (Phi) is 3.01. The summed E-state index contributed by atoms with van der Waals surface area (Å²) in [5, 5.41) is -0.130. The van der Waals surface area contributed by atoms with Crippen molar-refractivity contribution in [3.8, 4) is 11.5 Å². The standard InChI is InChI=1S/C11H10ClFO3/c1-6(14)9-10(13)7(12)5-8-11(9)16-4-2-3-15-8/h5H,2-4H2,1H3. The Labute approximate surface area is 97.1 Å². The van der Waals surface area contributed by atoms with Crippen LogP contribution in [0.15, 0.2) is 6.07 Å². The molecule has 1 aliphatic rings. The summed E-state index contributed by atoms with van der Waals surface area (Å²) in [5.74, 6) is -0.693. The molecule has 0 spiro atoms. The van der Waals surface area contributed by atoms with Gasteiger partial charge in [0.25, 0.3) is 0 Å². The molecule has 16 heavy (non-hydrogen) atoms. The molecule has 2 rings (SSSR count). The first-order chi connectivity index (χ1) is 7.61. The molecule has 0 fully saturated rings. The highest BCUT2D eigenvalue weighted by atomic mass is 35.5. The van der Waals surface area contributed by atoms with Crippen LogP contribution in [-0.2, 0) is 0 Å². The third kappa shape index (κ3) is 1.85. The Bertz CT molecular complexity index is 445. The molecule has 0 unspecified atom stereocenters. The van der Waals surface area contributed by atoms with Crippen LogP contribution in [0, 0.1) is 5.82 Å². The predicted molar refractivity (Wildman–Crippen MR) is 57.0 cm³/mol. The lowest BCUT2D eigenvalue weighted by Crippen LogP contribution is -2.04. The minimum absolute atomic E-state index is 0.130. The molecule has 0 radical (unpaired) electrons. The second-order valence-electron chi connectivity index (χ2n) is 3.48. The third-order valence-electron chi connectivity index (χ3n) is 2.28. The fourth-order valence-electron chi connectivity index (χ4n) is 1.57. The molecule has 1 aromatic rings. The van der Waals surface area contributed by atoms with E-state index in [1.807, 2.05) is 0 Å². The van der Waals surface area contributed by atoms with E-state index in [9.17, 15) is 9.18 Å². The van der Waals surface area contributed by atoms with Crippen molar-refractivity contribution in [3.63, 3.8) is 0 Å². The maximum Gasteiger partial charge on any atom is 0.175 e. The van der Waals surface area contributed by atoms with E-state index in [2.05, 4.69) is 0 Å². The van der Waals surface area contributed by atoms with Crippen molar-refractivity contribution in [2.24, 2.45) is 0 Å². The normalized spacial score (nSPS) is 14.4. The molecule has 0 amide bonds. The summed E-state index contributed by atoms with van der Waals surface area (Å²) in [5.41, 5.74) is -0.135. The Morgan fingerprint density at radius 1 is 1.44 bits per heavy atom. The summed E-state index contributed by atoms with van der Waals surface area (Å²) in [7, 11) is 0. The molecule has 0 bridgehead atoms. The topological polar surface area (TPSA) is 35.5 Å². The molecule has 1 aliphatic heterocycles. The van der Waals surface area contributed by atoms with Gasteiger partial charge in [-0.1, -0.05) is 11.6 Å². The van der Waals surface area contributed by atoms with Crippen LogP contribution in [0.5, 0.6) is 11.5 Å². The molecule has 0 aliphatic carbocycles. The maximum atomic E-state index is 13.7. The summed E-state index contributed by atoms with van der Waals surface area (Å²) in [4.78, 5) is 11.4. The number of carbonyl (C=O) groups is 1. The third-order valence-corrected chi connectivity index (χ3v) is 2.56. The number of fused-ring (bicyclic) bond motifs is 1. The second-order valence-corrected chi connectivity index (χ2v) is 3.89. The van der Waals surface area contributed by atoms with Crippen LogP contribution >= 0.6 is 11.6 Å². The summed E-state index contributed by atoms with van der Waals surface area (Å²) in [6.07, 6.45) is 0.686. The van der Waals surface area contributed by atoms with Gasteiger partial charge in [0, 0.05) is 12.5 Å². The van der Waals surface area contributed by atoms with Crippen molar-refractivity contribution in [1.82, 2.24) is 0 Å². The van der Waals surface area contributed by atoms with Gasteiger partial charge in [0.05, 0.1) is 18.2 Å². The average Bonchev–Trinajstić information content (AvgIpc) is 2.44. The van der Waals surface area contributed by atoms with Gasteiger partial charge >= 0.3 is 0 Å². The summed E-state index contributed by atoms with van der Waals surface area (Å²) >= 11 is 5.69. The monoisotopic (exact) mass is 244 g/mol. The highest BCUT2D eigenvalue weighted by Crippen LogP contribution is 2.38. The smallest absolute Gasteiger partial charge is 0.175 e. The van der Waals surface area contributed by atoms with E-state index in [-0.39, 0.29) is 16.3 Å². The Morgan fingerprint density at radius 2 is 2.12 bits per heavy atom. The molecular formula is C11H10ClFO3. The number of carbonyl (C=O) groups excluding carboxylic acids is 1. The second kappa shape index (κ2) is 4.29. The van der Waals surface area contributed by atoms with Crippen LogP contribution < -0.4 is 9.47 Å². The molecule has 0 atom stereocenters. The van der Waals surface area contributed by atoms with Crippen molar-refractivity contribution >= 4 is 17.4 Å². The fourth-order valence-corrected chi connectivity index (χ4v) is 1.76. The molecule has 86 valence electrons. The largest absolute Gasteiger partial charge is 0.489 e. The molecular weight excluding hydrogens is 235 g/mol. The lowest BCUT2D eigenvalue weighted by Gasteiger charge is -2.12. The van der Waals surface area contributed by atoms with Crippen LogP contribution in [0.4, 0.5) is 4.39 Å². The average molecular weight is 245 g/mol. The van der Waals surface area contributed by atoms with E-state index in [0.717, 1.165) is 0 Å². The summed E-state index contributed by atoms with van der Waals surface area (Å²) < 4.78 is 24.4. The van der Waals surface area contributed by atoms with E-state index in [4.69, 9.17) is 21.1 Å². The van der Waals surface area contributed by atoms with Gasteiger partial charge in [0.1, 0.15) is 5.56 Å². The maximum absolute atomic E-state index is 13.7. The van der Waals surface area contributed by atoms with Crippen LogP contribution in [0.3, 0.4) is 0 Å². The van der Waals surface area contributed by atoms with Crippen molar-refractivity contribution in [2.75, 3.05) is 13.2 Å².